The highest BCUT2D eigenvalue weighted by Crippen LogP contribution is 2.34. The van der Waals surface area contributed by atoms with Crippen LogP contribution in [0.4, 0.5) is 15.0 Å². The first-order valence-electron chi connectivity index (χ1n) is 14.3. The van der Waals surface area contributed by atoms with E-state index in [1.165, 1.54) is 17.0 Å². The van der Waals surface area contributed by atoms with Crippen molar-refractivity contribution in [3.63, 3.8) is 0 Å². The molecule has 2 fully saturated rings. The summed E-state index contributed by atoms with van der Waals surface area (Å²) < 4.78 is 13.6. The van der Waals surface area contributed by atoms with E-state index in [1.807, 2.05) is 26.0 Å². The lowest BCUT2D eigenvalue weighted by Crippen LogP contribution is -2.45. The molecule has 0 aliphatic carbocycles. The van der Waals surface area contributed by atoms with Gasteiger partial charge in [-0.1, -0.05) is 26.0 Å². The Kier molecular flexibility index (Phi) is 9.73. The number of halogens is 1. The first kappa shape index (κ1) is 29.5. The molecule has 9 nitrogen and oxygen atoms in total. The maximum absolute atomic E-state index is 13.6. The lowest BCUT2D eigenvalue weighted by Gasteiger charge is -2.34. The minimum absolute atomic E-state index is 0.0426. The highest BCUT2D eigenvalue weighted by atomic mass is 19.1. The number of carbonyl (C=O) groups is 3. The molecule has 0 unspecified atom stereocenters. The van der Waals surface area contributed by atoms with Gasteiger partial charge in [-0.2, -0.15) is 0 Å². The van der Waals surface area contributed by atoms with E-state index in [9.17, 15) is 23.9 Å². The third-order valence-corrected chi connectivity index (χ3v) is 8.39. The van der Waals surface area contributed by atoms with E-state index in [0.717, 1.165) is 24.5 Å². The van der Waals surface area contributed by atoms with Crippen molar-refractivity contribution < 1.29 is 23.9 Å². The molecule has 40 heavy (non-hydrogen) atoms. The van der Waals surface area contributed by atoms with Crippen molar-refractivity contribution >= 4 is 23.6 Å². The summed E-state index contributed by atoms with van der Waals surface area (Å²) in [7, 11) is 0. The quantitative estimate of drug-likeness (QED) is 0.445. The van der Waals surface area contributed by atoms with Crippen LogP contribution in [0.25, 0.3) is 0 Å². The number of pyridine rings is 1. The number of amides is 2. The van der Waals surface area contributed by atoms with Crippen LogP contribution in [0.3, 0.4) is 0 Å². The number of aromatic nitrogens is 1. The molecule has 2 amide bonds. The molecule has 2 aliphatic rings. The fraction of sp³-hybridized carbons (Fsp3) is 0.533. The van der Waals surface area contributed by atoms with Gasteiger partial charge in [-0.3, -0.25) is 14.5 Å². The SMILES string of the molecule is CCN(CC)CC(=O)c1ccc(N2CCC(C(=O)N3C[C@@H](N(CC)C(=O)O)[C@H](c4ccc(F)cc4)C3)CC2)nc1. The molecule has 1 aromatic carbocycles. The Labute approximate surface area is 235 Å². The number of nitrogens with zero attached hydrogens (tertiary/aromatic N) is 5. The van der Waals surface area contributed by atoms with Crippen molar-refractivity contribution in [2.75, 3.05) is 57.3 Å². The fourth-order valence-corrected chi connectivity index (χ4v) is 5.92. The molecule has 0 saturated carbocycles. The number of anilines is 1. The molecule has 2 aliphatic heterocycles. The van der Waals surface area contributed by atoms with E-state index in [-0.39, 0.29) is 35.4 Å². The highest BCUT2D eigenvalue weighted by Gasteiger charge is 2.42. The van der Waals surface area contributed by atoms with Crippen molar-refractivity contribution in [2.45, 2.75) is 45.6 Å². The van der Waals surface area contributed by atoms with Crippen LogP contribution in [0.15, 0.2) is 42.6 Å². The maximum atomic E-state index is 13.6. The van der Waals surface area contributed by atoms with E-state index < -0.39 is 6.09 Å². The van der Waals surface area contributed by atoms with Gasteiger partial charge in [0.1, 0.15) is 11.6 Å². The average molecular weight is 554 g/mol. The zero-order chi connectivity index (χ0) is 28.8. The third kappa shape index (κ3) is 6.60. The number of Topliss-reactive ketones (excluding diaryl/α,β-unsaturated/α-hetero) is 1. The van der Waals surface area contributed by atoms with Gasteiger partial charge < -0.3 is 19.8 Å². The van der Waals surface area contributed by atoms with Crippen molar-refractivity contribution in [3.8, 4) is 0 Å². The molecule has 4 rings (SSSR count). The van der Waals surface area contributed by atoms with Gasteiger partial charge in [0.15, 0.2) is 5.78 Å². The minimum Gasteiger partial charge on any atom is -0.465 e. The summed E-state index contributed by atoms with van der Waals surface area (Å²) >= 11 is 0. The molecule has 10 heteroatoms. The van der Waals surface area contributed by atoms with Crippen LogP contribution in [-0.4, -0.2) is 101 Å². The van der Waals surface area contributed by atoms with Gasteiger partial charge >= 0.3 is 6.09 Å². The van der Waals surface area contributed by atoms with Gasteiger partial charge in [-0.25, -0.2) is 14.2 Å². The minimum atomic E-state index is -1.02. The van der Waals surface area contributed by atoms with Crippen LogP contribution in [0.5, 0.6) is 0 Å². The number of likely N-dealkylation sites (N-methyl/N-ethyl adjacent to an activating group) is 2. The Hall–Kier alpha value is -3.53. The number of hydrogen-bond donors (Lipinski definition) is 1. The number of likely N-dealkylation sites (tertiary alicyclic amines) is 1. The summed E-state index contributed by atoms with van der Waals surface area (Å²) in [5, 5.41) is 9.79. The predicted octanol–water partition coefficient (Wildman–Crippen LogP) is 3.96. The van der Waals surface area contributed by atoms with E-state index in [4.69, 9.17) is 0 Å². The second-order valence-corrected chi connectivity index (χ2v) is 10.6. The summed E-state index contributed by atoms with van der Waals surface area (Å²) in [6.07, 6.45) is 1.96. The van der Waals surface area contributed by atoms with E-state index in [0.29, 0.717) is 57.7 Å². The standard InChI is InChI=1S/C30H40FN5O4/c1-4-33(5-2)20-27(37)23-9-12-28(32-17-23)34-15-13-22(14-16-34)29(38)35-18-25(21-7-10-24(31)11-8-21)26(19-35)36(6-3)30(39)40/h7-12,17,22,25-26H,4-6,13-16,18-20H2,1-3H3,(H,39,40)/t25-,26+/m0/s1. The van der Waals surface area contributed by atoms with Gasteiger partial charge in [-0.15, -0.1) is 0 Å². The number of rotatable bonds is 10. The van der Waals surface area contributed by atoms with Crippen molar-refractivity contribution in [1.29, 1.82) is 0 Å². The van der Waals surface area contributed by atoms with Crippen LogP contribution in [0, 0.1) is 11.7 Å². The second-order valence-electron chi connectivity index (χ2n) is 10.6. The summed E-state index contributed by atoms with van der Waals surface area (Å²) in [6, 6.07) is 9.45. The zero-order valence-electron chi connectivity index (χ0n) is 23.6. The third-order valence-electron chi connectivity index (χ3n) is 8.39. The van der Waals surface area contributed by atoms with Crippen molar-refractivity contribution in [1.82, 2.24) is 19.7 Å². The molecule has 1 N–H and O–H groups in total. The van der Waals surface area contributed by atoms with Gasteiger partial charge in [0.05, 0.1) is 12.6 Å². The van der Waals surface area contributed by atoms with Crippen LogP contribution >= 0.6 is 0 Å². The summed E-state index contributed by atoms with van der Waals surface area (Å²) in [5.74, 6) is 0.175. The Morgan fingerprint density at radius 3 is 2.20 bits per heavy atom. The molecule has 0 radical (unpaired) electrons. The fourth-order valence-electron chi connectivity index (χ4n) is 5.92. The lowest BCUT2D eigenvalue weighted by atomic mass is 9.93. The number of piperidine rings is 1. The first-order chi connectivity index (χ1) is 19.2. The molecule has 0 spiro atoms. The maximum Gasteiger partial charge on any atom is 0.407 e. The number of benzene rings is 1. The number of ketones is 1. The van der Waals surface area contributed by atoms with Crippen LogP contribution < -0.4 is 4.90 Å². The van der Waals surface area contributed by atoms with E-state index in [1.54, 1.807) is 30.2 Å². The Morgan fingerprint density at radius 2 is 1.65 bits per heavy atom. The molecule has 0 bridgehead atoms. The smallest absolute Gasteiger partial charge is 0.407 e. The molecule has 1 aromatic heterocycles. The topological polar surface area (TPSA) is 97.3 Å². The molecule has 216 valence electrons. The Morgan fingerprint density at radius 1 is 0.975 bits per heavy atom. The predicted molar refractivity (Wildman–Crippen MR) is 151 cm³/mol. The van der Waals surface area contributed by atoms with Crippen LogP contribution in [-0.2, 0) is 4.79 Å². The number of carboxylic acid groups (broad SMARTS) is 1. The van der Waals surface area contributed by atoms with Gasteiger partial charge in [-0.05, 0) is 62.7 Å². The number of hydrogen-bond acceptors (Lipinski definition) is 6. The summed E-state index contributed by atoms with van der Waals surface area (Å²) in [6.45, 7) is 10.3. The normalized spacial score (nSPS) is 19.7. The van der Waals surface area contributed by atoms with Gasteiger partial charge in [0, 0.05) is 56.3 Å². The van der Waals surface area contributed by atoms with E-state index >= 15 is 0 Å². The Bertz CT molecular complexity index is 1160. The molecular formula is C30H40FN5O4. The molecule has 2 atom stereocenters. The Balaban J connectivity index is 1.38. The van der Waals surface area contributed by atoms with Crippen molar-refractivity contribution in [2.24, 2.45) is 5.92 Å². The average Bonchev–Trinajstić information content (AvgIpc) is 3.41. The van der Waals surface area contributed by atoms with Gasteiger partial charge in [0.2, 0.25) is 5.91 Å². The molecule has 2 saturated heterocycles. The van der Waals surface area contributed by atoms with Crippen LogP contribution in [0.2, 0.25) is 0 Å². The summed E-state index contributed by atoms with van der Waals surface area (Å²) in [4.78, 5) is 50.0. The molecule has 3 heterocycles. The molecular weight excluding hydrogens is 513 g/mol. The first-order valence-corrected chi connectivity index (χ1v) is 14.3. The highest BCUT2D eigenvalue weighted by molar-refractivity contribution is 5.97. The zero-order valence-corrected chi connectivity index (χ0v) is 23.6. The molecule has 2 aromatic rings. The van der Waals surface area contributed by atoms with Crippen LogP contribution in [0.1, 0.15) is 55.5 Å². The van der Waals surface area contributed by atoms with E-state index in [2.05, 4.69) is 14.8 Å². The second kappa shape index (κ2) is 13.2. The summed E-state index contributed by atoms with van der Waals surface area (Å²) in [5.41, 5.74) is 1.43. The largest absolute Gasteiger partial charge is 0.465 e. The van der Waals surface area contributed by atoms with Crippen molar-refractivity contribution in [3.05, 3.63) is 59.5 Å². The lowest BCUT2D eigenvalue weighted by molar-refractivity contribution is -0.135. The van der Waals surface area contributed by atoms with Gasteiger partial charge in [0.25, 0.3) is 0 Å². The monoisotopic (exact) mass is 553 g/mol. The number of carbonyl (C=O) groups excluding carboxylic acids is 2.